The first-order valence-electron chi connectivity index (χ1n) is 8.72. The maximum Gasteiger partial charge on any atom is 0.275 e. The van der Waals surface area contributed by atoms with Crippen LogP contribution in [0.2, 0.25) is 5.02 Å². The predicted octanol–water partition coefficient (Wildman–Crippen LogP) is 2.85. The summed E-state index contributed by atoms with van der Waals surface area (Å²) in [5.74, 6) is -0.294. The van der Waals surface area contributed by atoms with Crippen LogP contribution in [0.25, 0.3) is 16.4 Å². The third kappa shape index (κ3) is 3.34. The van der Waals surface area contributed by atoms with Crippen LogP contribution in [0.4, 0.5) is 5.69 Å². The molecule has 1 aromatic carbocycles. The van der Waals surface area contributed by atoms with E-state index in [1.165, 1.54) is 4.68 Å². The number of nitrogens with zero attached hydrogens (tertiary/aromatic N) is 5. The van der Waals surface area contributed by atoms with E-state index in [1.807, 2.05) is 13.8 Å². The summed E-state index contributed by atoms with van der Waals surface area (Å²) in [6, 6.07) is 8.53. The third-order valence-corrected chi connectivity index (χ3v) is 4.60. The van der Waals surface area contributed by atoms with Crippen LogP contribution < -0.4 is 10.9 Å². The number of rotatable bonds is 4. The van der Waals surface area contributed by atoms with Crippen LogP contribution in [0.3, 0.4) is 0 Å². The number of anilines is 1. The number of hydrogen-bond donors (Lipinski definition) is 1. The Labute approximate surface area is 164 Å². The van der Waals surface area contributed by atoms with Gasteiger partial charge < -0.3 is 5.32 Å². The molecule has 4 rings (SSSR count). The first kappa shape index (κ1) is 18.1. The lowest BCUT2D eigenvalue weighted by molar-refractivity contribution is -0.117. The van der Waals surface area contributed by atoms with E-state index in [0.29, 0.717) is 27.1 Å². The largest absolute Gasteiger partial charge is 0.323 e. The van der Waals surface area contributed by atoms with Gasteiger partial charge in [-0.05, 0) is 36.2 Å². The molecule has 0 fully saturated rings. The topological polar surface area (TPSA) is 94.2 Å². The summed E-state index contributed by atoms with van der Waals surface area (Å²) in [6.45, 7) is 3.76. The van der Waals surface area contributed by atoms with E-state index in [2.05, 4.69) is 20.6 Å². The van der Waals surface area contributed by atoms with E-state index in [4.69, 9.17) is 11.6 Å². The van der Waals surface area contributed by atoms with Crippen molar-refractivity contribution in [2.45, 2.75) is 26.3 Å². The number of aromatic nitrogens is 5. The van der Waals surface area contributed by atoms with Gasteiger partial charge in [-0.25, -0.2) is 4.68 Å². The molecule has 9 heteroatoms. The van der Waals surface area contributed by atoms with Crippen molar-refractivity contribution in [3.8, 4) is 0 Å². The maximum absolute atomic E-state index is 12.8. The Morgan fingerprint density at radius 1 is 1.21 bits per heavy atom. The summed E-state index contributed by atoms with van der Waals surface area (Å²) < 4.78 is 2.88. The Morgan fingerprint density at radius 2 is 2.04 bits per heavy atom. The molecule has 0 aliphatic rings. The zero-order chi connectivity index (χ0) is 19.8. The number of carbonyl (C=O) groups excluding carboxylic acids is 1. The van der Waals surface area contributed by atoms with Gasteiger partial charge in [0.15, 0.2) is 5.65 Å². The van der Waals surface area contributed by atoms with E-state index in [-0.39, 0.29) is 23.9 Å². The number of nitrogens with one attached hydrogen (secondary N) is 1. The van der Waals surface area contributed by atoms with Crippen molar-refractivity contribution < 1.29 is 4.79 Å². The molecule has 1 amide bonds. The molecule has 0 aliphatic heterocycles. The second kappa shape index (κ2) is 7.05. The smallest absolute Gasteiger partial charge is 0.275 e. The maximum atomic E-state index is 12.8. The fourth-order valence-electron chi connectivity index (χ4n) is 3.05. The number of benzene rings is 1. The molecule has 0 unspecified atom stereocenters. The predicted molar refractivity (Wildman–Crippen MR) is 107 cm³/mol. The second-order valence-corrected chi connectivity index (χ2v) is 7.19. The molecule has 28 heavy (non-hydrogen) atoms. The Hall–Kier alpha value is -3.26. The SMILES string of the molecule is CC(C)c1nn(CC(=O)Nc2ccc3nncn3c2)c(=O)c2ccc(Cl)cc12. The van der Waals surface area contributed by atoms with Crippen molar-refractivity contribution in [3.05, 3.63) is 63.9 Å². The van der Waals surface area contributed by atoms with Gasteiger partial charge >= 0.3 is 0 Å². The minimum atomic E-state index is -0.356. The van der Waals surface area contributed by atoms with Crippen molar-refractivity contribution >= 4 is 39.6 Å². The zero-order valence-corrected chi connectivity index (χ0v) is 16.0. The molecular weight excluding hydrogens is 380 g/mol. The highest BCUT2D eigenvalue weighted by Crippen LogP contribution is 2.24. The van der Waals surface area contributed by atoms with Gasteiger partial charge in [-0.3, -0.25) is 14.0 Å². The summed E-state index contributed by atoms with van der Waals surface area (Å²) in [7, 11) is 0. The van der Waals surface area contributed by atoms with Crippen LogP contribution >= 0.6 is 11.6 Å². The fourth-order valence-corrected chi connectivity index (χ4v) is 3.23. The van der Waals surface area contributed by atoms with E-state index >= 15 is 0 Å². The lowest BCUT2D eigenvalue weighted by Gasteiger charge is -2.13. The molecule has 3 heterocycles. The molecule has 8 nitrogen and oxygen atoms in total. The van der Waals surface area contributed by atoms with Gasteiger partial charge in [0.1, 0.15) is 12.9 Å². The van der Waals surface area contributed by atoms with Crippen molar-refractivity contribution in [3.63, 3.8) is 0 Å². The minimum absolute atomic E-state index is 0.0621. The number of amides is 1. The highest BCUT2D eigenvalue weighted by atomic mass is 35.5. The molecule has 0 saturated heterocycles. The van der Waals surface area contributed by atoms with Crippen LogP contribution in [-0.4, -0.2) is 30.3 Å². The first-order chi connectivity index (χ1) is 13.4. The molecule has 0 radical (unpaired) electrons. The number of pyridine rings is 1. The highest BCUT2D eigenvalue weighted by Gasteiger charge is 2.16. The lowest BCUT2D eigenvalue weighted by atomic mass is 10.0. The third-order valence-electron chi connectivity index (χ3n) is 4.37. The summed E-state index contributed by atoms with van der Waals surface area (Å²) in [5, 5.41) is 16.6. The molecule has 0 spiro atoms. The van der Waals surface area contributed by atoms with Crippen LogP contribution in [0, 0.1) is 0 Å². The van der Waals surface area contributed by atoms with Crippen molar-refractivity contribution in [1.82, 2.24) is 24.4 Å². The fraction of sp³-hybridized carbons (Fsp3) is 0.211. The van der Waals surface area contributed by atoms with Crippen molar-refractivity contribution in [2.24, 2.45) is 0 Å². The normalized spacial score (nSPS) is 11.4. The van der Waals surface area contributed by atoms with Gasteiger partial charge in [0, 0.05) is 16.6 Å². The molecule has 4 aromatic rings. The number of fused-ring (bicyclic) bond motifs is 2. The Bertz CT molecular complexity index is 1260. The molecule has 3 aromatic heterocycles. The highest BCUT2D eigenvalue weighted by molar-refractivity contribution is 6.31. The van der Waals surface area contributed by atoms with E-state index in [0.717, 1.165) is 5.69 Å². The molecule has 0 saturated carbocycles. The average Bonchev–Trinajstić information content (AvgIpc) is 3.11. The van der Waals surface area contributed by atoms with Crippen molar-refractivity contribution in [1.29, 1.82) is 0 Å². The van der Waals surface area contributed by atoms with Crippen LogP contribution in [0.15, 0.2) is 47.7 Å². The summed E-state index contributed by atoms with van der Waals surface area (Å²) >= 11 is 6.08. The summed E-state index contributed by atoms with van der Waals surface area (Å²) in [6.07, 6.45) is 3.24. The summed E-state index contributed by atoms with van der Waals surface area (Å²) in [5.41, 5.74) is 1.63. The molecule has 0 aliphatic carbocycles. The number of hydrogen-bond acceptors (Lipinski definition) is 5. The standard InChI is InChI=1S/C19H17ClN6O2/c1-11(2)18-15-7-12(20)3-5-14(15)19(28)26(24-18)9-17(27)22-13-4-6-16-23-21-10-25(16)8-13/h3-8,10-11H,9H2,1-2H3,(H,22,27). The van der Waals surface area contributed by atoms with Gasteiger partial charge in [-0.1, -0.05) is 25.4 Å². The quantitative estimate of drug-likeness (QED) is 0.572. The van der Waals surface area contributed by atoms with Crippen molar-refractivity contribution in [2.75, 3.05) is 5.32 Å². The van der Waals surface area contributed by atoms with E-state index in [9.17, 15) is 9.59 Å². The molecule has 0 bridgehead atoms. The van der Waals surface area contributed by atoms with E-state index in [1.54, 1.807) is 47.3 Å². The summed E-state index contributed by atoms with van der Waals surface area (Å²) in [4.78, 5) is 25.3. The monoisotopic (exact) mass is 396 g/mol. The first-order valence-corrected chi connectivity index (χ1v) is 9.09. The average molecular weight is 397 g/mol. The van der Waals surface area contributed by atoms with Crippen LogP contribution in [-0.2, 0) is 11.3 Å². The van der Waals surface area contributed by atoms with Crippen LogP contribution in [0.5, 0.6) is 0 Å². The number of halogens is 1. The molecular formula is C19H17ClN6O2. The Kier molecular flexibility index (Phi) is 4.56. The van der Waals surface area contributed by atoms with Gasteiger partial charge in [0.05, 0.1) is 16.8 Å². The molecule has 142 valence electrons. The zero-order valence-electron chi connectivity index (χ0n) is 15.3. The van der Waals surface area contributed by atoms with Crippen LogP contribution in [0.1, 0.15) is 25.5 Å². The van der Waals surface area contributed by atoms with Gasteiger partial charge in [-0.15, -0.1) is 10.2 Å². The van der Waals surface area contributed by atoms with E-state index < -0.39 is 0 Å². The van der Waals surface area contributed by atoms with Gasteiger partial charge in [0.25, 0.3) is 5.56 Å². The Balaban J connectivity index is 1.66. The molecule has 0 atom stereocenters. The number of carbonyl (C=O) groups is 1. The lowest BCUT2D eigenvalue weighted by Crippen LogP contribution is -2.31. The Morgan fingerprint density at radius 3 is 2.82 bits per heavy atom. The minimum Gasteiger partial charge on any atom is -0.323 e. The van der Waals surface area contributed by atoms with Gasteiger partial charge in [-0.2, -0.15) is 5.10 Å². The van der Waals surface area contributed by atoms with Gasteiger partial charge in [0.2, 0.25) is 5.91 Å². The molecule has 1 N–H and O–H groups in total. The second-order valence-electron chi connectivity index (χ2n) is 6.76.